The Morgan fingerprint density at radius 2 is 2.09 bits per heavy atom. The summed E-state index contributed by atoms with van der Waals surface area (Å²) in [5.74, 6) is -0.278. The molecule has 15 heteroatoms. The fourth-order valence-electron chi connectivity index (χ4n) is 8.49. The van der Waals surface area contributed by atoms with Crippen molar-refractivity contribution in [2.75, 3.05) is 57.7 Å². The average molecular weight is 672 g/mol. The third-order valence-electron chi connectivity index (χ3n) is 10.2. The maximum Gasteiger partial charge on any atom is 0.319 e. The van der Waals surface area contributed by atoms with Gasteiger partial charge in [0.25, 0.3) is 0 Å². The van der Waals surface area contributed by atoms with Gasteiger partial charge in [0.2, 0.25) is 0 Å². The standard InChI is InChI=1S/C32H36ClF2N7O5/c1-30-12-32(44,13-30)16-45-17-47-27-21(33)7-22-19(10-37-40-22)23(27)26-24(35)25-20(9-36-26)28(41(14-30)5-6-43)39-29(38-25)46-15-31-3-2-4-42(31)11-18(34)8-31/h7,9-10,18,43-44H,2-6,8,11-17H2,1H3,(H,37,40)/t18-,30?,31?,32?/m1/s1. The minimum Gasteiger partial charge on any atom is -0.465 e. The number of rotatable bonds is 5. The predicted octanol–water partition coefficient (Wildman–Crippen LogP) is 4.01. The number of nitrogens with zero attached hydrogens (tertiary/aromatic N) is 6. The van der Waals surface area contributed by atoms with Gasteiger partial charge in [-0.15, -0.1) is 0 Å². The molecule has 6 aliphatic heterocycles. The summed E-state index contributed by atoms with van der Waals surface area (Å²) in [6, 6.07) is 1.57. The number of aromatic nitrogens is 5. The monoisotopic (exact) mass is 671 g/mol. The van der Waals surface area contributed by atoms with E-state index in [1.165, 1.54) is 12.4 Å². The number of hydrogen-bond donors (Lipinski definition) is 3. The quantitative estimate of drug-likeness (QED) is 0.283. The van der Waals surface area contributed by atoms with Gasteiger partial charge in [0.1, 0.15) is 29.8 Å². The molecule has 12 nitrogen and oxygen atoms in total. The lowest BCUT2D eigenvalue weighted by Crippen LogP contribution is -2.57. The first-order valence-electron chi connectivity index (χ1n) is 15.9. The first kappa shape index (κ1) is 30.9. The number of halogens is 3. The van der Waals surface area contributed by atoms with E-state index in [0.717, 1.165) is 19.4 Å². The maximum absolute atomic E-state index is 17.0. The lowest BCUT2D eigenvalue weighted by Gasteiger charge is -2.53. The van der Waals surface area contributed by atoms with E-state index in [4.69, 9.17) is 30.8 Å². The van der Waals surface area contributed by atoms with Crippen LogP contribution in [0.25, 0.3) is 33.1 Å². The third-order valence-corrected chi connectivity index (χ3v) is 10.5. The van der Waals surface area contributed by atoms with Crippen molar-refractivity contribution in [2.45, 2.75) is 56.3 Å². The molecular weight excluding hydrogens is 636 g/mol. The normalized spacial score (nSPS) is 29.3. The van der Waals surface area contributed by atoms with Gasteiger partial charge in [0.15, 0.2) is 18.4 Å². The van der Waals surface area contributed by atoms with E-state index < -0.39 is 23.1 Å². The van der Waals surface area contributed by atoms with Gasteiger partial charge in [0, 0.05) is 37.6 Å². The molecule has 47 heavy (non-hydrogen) atoms. The minimum atomic E-state index is -1.08. The highest BCUT2D eigenvalue weighted by Crippen LogP contribution is 2.50. The molecular formula is C32H36ClF2N7O5. The Balaban J connectivity index is 1.30. The maximum atomic E-state index is 17.0. The van der Waals surface area contributed by atoms with Crippen LogP contribution >= 0.6 is 11.6 Å². The molecule has 4 aromatic rings. The molecule has 3 fully saturated rings. The molecule has 0 radical (unpaired) electrons. The summed E-state index contributed by atoms with van der Waals surface area (Å²) in [7, 11) is 0. The second-order valence-corrected chi connectivity index (χ2v) is 14.3. The molecule has 1 aliphatic carbocycles. The highest BCUT2D eigenvalue weighted by Gasteiger charge is 2.52. The summed E-state index contributed by atoms with van der Waals surface area (Å²) < 4.78 is 49.5. The Morgan fingerprint density at radius 1 is 1.23 bits per heavy atom. The van der Waals surface area contributed by atoms with Crippen LogP contribution in [0.3, 0.4) is 0 Å². The van der Waals surface area contributed by atoms with Crippen LogP contribution in [0.4, 0.5) is 14.6 Å². The molecule has 250 valence electrons. The third kappa shape index (κ3) is 5.25. The molecule has 2 atom stereocenters. The van der Waals surface area contributed by atoms with Crippen molar-refractivity contribution in [1.82, 2.24) is 30.0 Å². The predicted molar refractivity (Wildman–Crippen MR) is 169 cm³/mol. The second kappa shape index (κ2) is 11.3. The number of aromatic amines is 1. The largest absolute Gasteiger partial charge is 0.465 e. The van der Waals surface area contributed by atoms with E-state index in [1.54, 1.807) is 6.07 Å². The van der Waals surface area contributed by atoms with Gasteiger partial charge in [-0.05, 0) is 43.7 Å². The molecule has 1 unspecified atom stereocenters. The summed E-state index contributed by atoms with van der Waals surface area (Å²) in [5.41, 5.74) is -1.25. The van der Waals surface area contributed by atoms with Crippen molar-refractivity contribution in [3.05, 3.63) is 29.3 Å². The van der Waals surface area contributed by atoms with E-state index in [1.807, 2.05) is 11.8 Å². The lowest BCUT2D eigenvalue weighted by atomic mass is 9.60. The number of anilines is 1. The zero-order chi connectivity index (χ0) is 32.6. The Morgan fingerprint density at radius 3 is 2.91 bits per heavy atom. The molecule has 1 saturated carbocycles. The molecule has 0 spiro atoms. The lowest BCUT2D eigenvalue weighted by molar-refractivity contribution is -0.168. The number of nitrogens with one attached hydrogen (secondary N) is 1. The zero-order valence-electron chi connectivity index (χ0n) is 25.9. The topological polar surface area (TPSA) is 142 Å². The van der Waals surface area contributed by atoms with Crippen LogP contribution in [-0.4, -0.2) is 110 Å². The zero-order valence-corrected chi connectivity index (χ0v) is 26.7. The number of aliphatic hydroxyl groups excluding tert-OH is 1. The van der Waals surface area contributed by atoms with E-state index >= 15 is 4.39 Å². The molecule has 3 N–H and O–H groups in total. The molecule has 9 heterocycles. The van der Waals surface area contributed by atoms with E-state index in [2.05, 4.69) is 25.1 Å². The number of H-pyrrole nitrogens is 1. The summed E-state index contributed by atoms with van der Waals surface area (Å²) in [6.45, 7) is 3.52. The van der Waals surface area contributed by atoms with Gasteiger partial charge in [-0.1, -0.05) is 18.5 Å². The number of ether oxygens (including phenoxy) is 3. The number of alkyl halides is 1. The molecule has 7 aliphatic rings. The van der Waals surface area contributed by atoms with Crippen molar-refractivity contribution >= 4 is 39.2 Å². The first-order chi connectivity index (χ1) is 22.6. The Labute approximate surface area is 274 Å². The molecule has 1 aromatic carbocycles. The van der Waals surface area contributed by atoms with Crippen LogP contribution in [0.15, 0.2) is 18.5 Å². The summed E-state index contributed by atoms with van der Waals surface area (Å²) >= 11 is 6.67. The summed E-state index contributed by atoms with van der Waals surface area (Å²) in [6.07, 6.45) is 5.01. The number of pyridine rings is 1. The molecule has 3 aromatic heterocycles. The number of benzene rings is 1. The van der Waals surface area contributed by atoms with Crippen LogP contribution in [0, 0.1) is 11.2 Å². The average Bonchev–Trinajstić information content (AvgIpc) is 3.71. The van der Waals surface area contributed by atoms with E-state index in [0.29, 0.717) is 54.5 Å². The van der Waals surface area contributed by atoms with Crippen LogP contribution in [0.5, 0.6) is 11.8 Å². The molecule has 6 bridgehead atoms. The van der Waals surface area contributed by atoms with Crippen LogP contribution in [0.1, 0.15) is 39.0 Å². The van der Waals surface area contributed by atoms with Crippen LogP contribution in [-0.2, 0) is 4.74 Å². The van der Waals surface area contributed by atoms with E-state index in [-0.39, 0.29) is 72.1 Å². The number of aliphatic hydroxyl groups is 2. The van der Waals surface area contributed by atoms with Gasteiger partial charge in [0.05, 0.1) is 52.0 Å². The van der Waals surface area contributed by atoms with Gasteiger partial charge in [-0.25, -0.2) is 8.78 Å². The van der Waals surface area contributed by atoms with Crippen molar-refractivity contribution in [3.63, 3.8) is 0 Å². The van der Waals surface area contributed by atoms with Gasteiger partial charge in [-0.3, -0.25) is 15.0 Å². The first-order valence-corrected chi connectivity index (χ1v) is 16.3. The SMILES string of the molecule is CC12CN(CCO)c3nc(OCC45CCCN4C[C@H](F)C5)nc4c(F)c(ncc34)-c3c(c(Cl)cc4[nH]ncc34)OCOCC(O)(C1)C2. The van der Waals surface area contributed by atoms with Crippen molar-refractivity contribution < 1.29 is 33.2 Å². The molecule has 11 rings (SSSR count). The fourth-order valence-corrected chi connectivity index (χ4v) is 8.75. The molecule has 0 amide bonds. The minimum absolute atomic E-state index is 0.0259. The Bertz CT molecular complexity index is 1860. The number of fused-ring (bicyclic) bond motifs is 2. The summed E-state index contributed by atoms with van der Waals surface area (Å²) in [4.78, 5) is 17.9. The van der Waals surface area contributed by atoms with Gasteiger partial charge < -0.3 is 29.3 Å². The summed E-state index contributed by atoms with van der Waals surface area (Å²) in [5, 5.41) is 29.4. The van der Waals surface area contributed by atoms with Crippen LogP contribution in [0.2, 0.25) is 5.02 Å². The highest BCUT2D eigenvalue weighted by atomic mass is 35.5. The van der Waals surface area contributed by atoms with Crippen molar-refractivity contribution in [2.24, 2.45) is 5.41 Å². The molecule has 2 saturated heterocycles. The number of hydrogen-bond acceptors (Lipinski definition) is 11. The van der Waals surface area contributed by atoms with Gasteiger partial charge in [-0.2, -0.15) is 15.1 Å². The fraction of sp³-hybridized carbons (Fsp3) is 0.562. The van der Waals surface area contributed by atoms with Crippen molar-refractivity contribution in [1.29, 1.82) is 0 Å². The van der Waals surface area contributed by atoms with Crippen LogP contribution < -0.4 is 14.4 Å². The Hall–Kier alpha value is -3.43. The smallest absolute Gasteiger partial charge is 0.319 e. The highest BCUT2D eigenvalue weighted by molar-refractivity contribution is 6.33. The van der Waals surface area contributed by atoms with Crippen molar-refractivity contribution in [3.8, 4) is 23.0 Å². The Kier molecular flexibility index (Phi) is 7.44. The second-order valence-electron chi connectivity index (χ2n) is 13.9. The van der Waals surface area contributed by atoms with Gasteiger partial charge >= 0.3 is 6.01 Å². The van der Waals surface area contributed by atoms with E-state index in [9.17, 15) is 14.6 Å².